The Morgan fingerprint density at radius 2 is 1.78 bits per heavy atom. The molecule has 2 unspecified atom stereocenters. The molecule has 1 aromatic rings. The summed E-state index contributed by atoms with van der Waals surface area (Å²) in [6.45, 7) is 7.66. The number of benzene rings is 1. The van der Waals surface area contributed by atoms with Gasteiger partial charge in [0, 0.05) is 6.04 Å². The normalized spacial score (nSPS) is 15.1. The maximum Gasteiger partial charge on any atom is 0.0944 e. The monoisotopic (exact) mass is 249 g/mol. The van der Waals surface area contributed by atoms with Gasteiger partial charge in [0.05, 0.1) is 6.10 Å². The summed E-state index contributed by atoms with van der Waals surface area (Å²) >= 11 is 0. The van der Waals surface area contributed by atoms with E-state index in [0.29, 0.717) is 5.92 Å². The molecule has 2 heteroatoms. The molecule has 18 heavy (non-hydrogen) atoms. The van der Waals surface area contributed by atoms with Crippen LogP contribution in [0.5, 0.6) is 0 Å². The molecule has 0 aliphatic rings. The van der Waals surface area contributed by atoms with Gasteiger partial charge in [0.1, 0.15) is 0 Å². The first-order valence-electron chi connectivity index (χ1n) is 6.99. The molecule has 1 rings (SSSR count). The van der Waals surface area contributed by atoms with E-state index in [0.717, 1.165) is 18.5 Å². The highest BCUT2D eigenvalue weighted by molar-refractivity contribution is 5.18. The largest absolute Gasteiger partial charge is 0.387 e. The maximum absolute atomic E-state index is 10.5. The number of rotatable bonds is 7. The summed E-state index contributed by atoms with van der Waals surface area (Å²) in [5, 5.41) is 10.5. The minimum Gasteiger partial charge on any atom is -0.387 e. The van der Waals surface area contributed by atoms with Gasteiger partial charge < -0.3 is 10.0 Å². The molecular weight excluding hydrogens is 222 g/mol. The van der Waals surface area contributed by atoms with Gasteiger partial charge in [0.25, 0.3) is 0 Å². The van der Waals surface area contributed by atoms with Gasteiger partial charge in [-0.2, -0.15) is 0 Å². The standard InChI is InChI=1S/C16H27NO/c1-5-15(17(4)12-11-13(2)3)16(18)14-9-7-6-8-10-14/h6-10,13,15-16,18H,5,11-12H2,1-4H3. The first-order chi connectivity index (χ1) is 8.56. The molecule has 2 atom stereocenters. The minimum absolute atomic E-state index is 0.200. The molecular formula is C16H27NO. The fourth-order valence-electron chi connectivity index (χ4n) is 2.28. The lowest BCUT2D eigenvalue weighted by Gasteiger charge is -2.32. The van der Waals surface area contributed by atoms with E-state index >= 15 is 0 Å². The number of likely N-dealkylation sites (N-methyl/N-ethyl adjacent to an activating group) is 1. The van der Waals surface area contributed by atoms with Crippen molar-refractivity contribution < 1.29 is 5.11 Å². The van der Waals surface area contributed by atoms with Crippen LogP contribution in [-0.4, -0.2) is 29.6 Å². The van der Waals surface area contributed by atoms with E-state index in [4.69, 9.17) is 0 Å². The van der Waals surface area contributed by atoms with Gasteiger partial charge >= 0.3 is 0 Å². The highest BCUT2D eigenvalue weighted by Crippen LogP contribution is 2.22. The van der Waals surface area contributed by atoms with Crippen LogP contribution in [0, 0.1) is 5.92 Å². The number of aliphatic hydroxyl groups is 1. The van der Waals surface area contributed by atoms with Crippen molar-refractivity contribution in [3.05, 3.63) is 35.9 Å². The Morgan fingerprint density at radius 3 is 2.28 bits per heavy atom. The lowest BCUT2D eigenvalue weighted by Crippen LogP contribution is -2.37. The molecule has 0 fully saturated rings. The third-order valence-corrected chi connectivity index (χ3v) is 3.55. The third kappa shape index (κ3) is 4.43. The summed E-state index contributed by atoms with van der Waals surface area (Å²) < 4.78 is 0. The first kappa shape index (κ1) is 15.2. The van der Waals surface area contributed by atoms with E-state index in [1.54, 1.807) is 0 Å². The van der Waals surface area contributed by atoms with Crippen LogP contribution in [0.3, 0.4) is 0 Å². The van der Waals surface area contributed by atoms with Gasteiger partial charge in [-0.3, -0.25) is 0 Å². The van der Waals surface area contributed by atoms with Gasteiger partial charge in [0.15, 0.2) is 0 Å². The van der Waals surface area contributed by atoms with Crippen LogP contribution in [0.15, 0.2) is 30.3 Å². The van der Waals surface area contributed by atoms with Crippen molar-refractivity contribution in [3.63, 3.8) is 0 Å². The van der Waals surface area contributed by atoms with Crippen molar-refractivity contribution >= 4 is 0 Å². The van der Waals surface area contributed by atoms with E-state index in [1.165, 1.54) is 6.42 Å². The average Bonchev–Trinajstić information content (AvgIpc) is 2.38. The molecule has 0 radical (unpaired) electrons. The van der Waals surface area contributed by atoms with Crippen molar-refractivity contribution in [2.75, 3.05) is 13.6 Å². The van der Waals surface area contributed by atoms with Gasteiger partial charge in [-0.15, -0.1) is 0 Å². The zero-order chi connectivity index (χ0) is 13.5. The summed E-state index contributed by atoms with van der Waals surface area (Å²) in [6.07, 6.45) is 1.74. The summed E-state index contributed by atoms with van der Waals surface area (Å²) in [5.74, 6) is 0.707. The van der Waals surface area contributed by atoms with Gasteiger partial charge in [0.2, 0.25) is 0 Å². The number of aliphatic hydroxyl groups excluding tert-OH is 1. The highest BCUT2D eigenvalue weighted by Gasteiger charge is 2.22. The van der Waals surface area contributed by atoms with Crippen LogP contribution >= 0.6 is 0 Å². The molecule has 0 saturated carbocycles. The zero-order valence-electron chi connectivity index (χ0n) is 12.1. The molecule has 1 N–H and O–H groups in total. The van der Waals surface area contributed by atoms with Crippen LogP contribution in [0.4, 0.5) is 0 Å². The van der Waals surface area contributed by atoms with Crippen LogP contribution in [0.2, 0.25) is 0 Å². The quantitative estimate of drug-likeness (QED) is 0.799. The summed E-state index contributed by atoms with van der Waals surface area (Å²) in [7, 11) is 2.11. The van der Waals surface area contributed by atoms with Gasteiger partial charge in [-0.1, -0.05) is 51.1 Å². The van der Waals surface area contributed by atoms with E-state index < -0.39 is 6.10 Å². The Hall–Kier alpha value is -0.860. The predicted molar refractivity (Wildman–Crippen MR) is 77.6 cm³/mol. The SMILES string of the molecule is CCC(C(O)c1ccccc1)N(C)CCC(C)C. The second-order valence-electron chi connectivity index (χ2n) is 5.49. The maximum atomic E-state index is 10.5. The molecule has 0 saturated heterocycles. The summed E-state index contributed by atoms with van der Waals surface area (Å²) in [6, 6.07) is 10.2. The van der Waals surface area contributed by atoms with E-state index in [1.807, 2.05) is 30.3 Å². The Balaban J connectivity index is 2.65. The summed E-state index contributed by atoms with van der Waals surface area (Å²) in [4.78, 5) is 2.29. The van der Waals surface area contributed by atoms with Crippen molar-refractivity contribution in [2.45, 2.75) is 45.8 Å². The van der Waals surface area contributed by atoms with Crippen LogP contribution in [0.25, 0.3) is 0 Å². The Labute approximate surface area is 112 Å². The molecule has 0 bridgehead atoms. The van der Waals surface area contributed by atoms with Crippen LogP contribution < -0.4 is 0 Å². The van der Waals surface area contributed by atoms with Crippen LogP contribution in [0.1, 0.15) is 45.3 Å². The molecule has 0 aromatic heterocycles. The molecule has 1 aromatic carbocycles. The van der Waals surface area contributed by atoms with Crippen molar-refractivity contribution in [1.29, 1.82) is 0 Å². The molecule has 0 spiro atoms. The topological polar surface area (TPSA) is 23.5 Å². The van der Waals surface area contributed by atoms with Gasteiger partial charge in [-0.05, 0) is 37.9 Å². The highest BCUT2D eigenvalue weighted by atomic mass is 16.3. The lowest BCUT2D eigenvalue weighted by molar-refractivity contribution is 0.0579. The number of hydrogen-bond donors (Lipinski definition) is 1. The lowest BCUT2D eigenvalue weighted by atomic mass is 9.98. The smallest absolute Gasteiger partial charge is 0.0944 e. The first-order valence-corrected chi connectivity index (χ1v) is 6.99. The number of hydrogen-bond acceptors (Lipinski definition) is 2. The second kappa shape index (κ2) is 7.55. The molecule has 0 aliphatic heterocycles. The van der Waals surface area contributed by atoms with Gasteiger partial charge in [-0.25, -0.2) is 0 Å². The molecule has 0 amide bonds. The number of nitrogens with zero attached hydrogens (tertiary/aromatic N) is 1. The van der Waals surface area contributed by atoms with Crippen molar-refractivity contribution in [2.24, 2.45) is 5.92 Å². The predicted octanol–water partition coefficient (Wildman–Crippen LogP) is 3.48. The average molecular weight is 249 g/mol. The van der Waals surface area contributed by atoms with E-state index in [2.05, 4.69) is 32.7 Å². The van der Waals surface area contributed by atoms with E-state index in [9.17, 15) is 5.11 Å². The van der Waals surface area contributed by atoms with Crippen LogP contribution in [-0.2, 0) is 0 Å². The molecule has 102 valence electrons. The molecule has 2 nitrogen and oxygen atoms in total. The third-order valence-electron chi connectivity index (χ3n) is 3.55. The second-order valence-corrected chi connectivity index (χ2v) is 5.49. The minimum atomic E-state index is -0.395. The Kier molecular flexibility index (Phi) is 6.37. The summed E-state index contributed by atoms with van der Waals surface area (Å²) in [5.41, 5.74) is 1.01. The molecule has 0 aliphatic carbocycles. The zero-order valence-corrected chi connectivity index (χ0v) is 12.1. The molecule has 0 heterocycles. The van der Waals surface area contributed by atoms with Crippen molar-refractivity contribution in [1.82, 2.24) is 4.90 Å². The fraction of sp³-hybridized carbons (Fsp3) is 0.625. The fourth-order valence-corrected chi connectivity index (χ4v) is 2.28. The Morgan fingerprint density at radius 1 is 1.17 bits per heavy atom. The van der Waals surface area contributed by atoms with Crippen molar-refractivity contribution in [3.8, 4) is 0 Å². The van der Waals surface area contributed by atoms with E-state index in [-0.39, 0.29) is 6.04 Å². The Bertz CT molecular complexity index is 323.